The van der Waals surface area contributed by atoms with E-state index in [2.05, 4.69) is 6.92 Å². The fraction of sp³-hybridized carbons (Fsp3) is 0.400. The third-order valence-electron chi connectivity index (χ3n) is 2.04. The van der Waals surface area contributed by atoms with Crippen LogP contribution in [-0.2, 0) is 0 Å². The molecule has 0 aliphatic rings. The summed E-state index contributed by atoms with van der Waals surface area (Å²) in [5.74, 6) is -0.474. The summed E-state index contributed by atoms with van der Waals surface area (Å²) in [5.41, 5.74) is 6.88. The summed E-state index contributed by atoms with van der Waals surface area (Å²) in [6, 6.07) is 2.81. The van der Waals surface area contributed by atoms with Crippen LogP contribution in [0.2, 0.25) is 5.02 Å². The zero-order chi connectivity index (χ0) is 10.7. The number of nitrogens with two attached hydrogens (primary N) is 1. The molecular formula is C10H14ClFN2. The van der Waals surface area contributed by atoms with Gasteiger partial charge in [-0.3, -0.25) is 0 Å². The molecule has 2 nitrogen and oxygen atoms in total. The molecule has 1 aromatic carbocycles. The maximum Gasteiger partial charge on any atom is 0.143 e. The largest absolute Gasteiger partial charge is 0.397 e. The number of nitrogens with zero attached hydrogens (tertiary/aromatic N) is 1. The fourth-order valence-electron chi connectivity index (χ4n) is 1.34. The summed E-state index contributed by atoms with van der Waals surface area (Å²) < 4.78 is 13.0. The summed E-state index contributed by atoms with van der Waals surface area (Å²) >= 11 is 5.67. The van der Waals surface area contributed by atoms with E-state index in [0.29, 0.717) is 5.69 Å². The molecule has 0 atom stereocenters. The maximum atomic E-state index is 13.0. The van der Waals surface area contributed by atoms with Crippen LogP contribution < -0.4 is 10.6 Å². The van der Waals surface area contributed by atoms with E-state index in [1.807, 2.05) is 11.9 Å². The molecule has 0 heterocycles. The normalized spacial score (nSPS) is 10.3. The summed E-state index contributed by atoms with van der Waals surface area (Å²) in [7, 11) is 1.91. The van der Waals surface area contributed by atoms with Crippen molar-refractivity contribution in [2.75, 3.05) is 24.2 Å². The van der Waals surface area contributed by atoms with Gasteiger partial charge in [0.2, 0.25) is 0 Å². The molecule has 0 bridgehead atoms. The Labute approximate surface area is 88.5 Å². The molecule has 0 radical (unpaired) electrons. The van der Waals surface area contributed by atoms with Crippen molar-refractivity contribution in [1.29, 1.82) is 0 Å². The zero-order valence-electron chi connectivity index (χ0n) is 8.35. The highest BCUT2D eigenvalue weighted by molar-refractivity contribution is 6.31. The van der Waals surface area contributed by atoms with Crippen molar-refractivity contribution < 1.29 is 4.39 Å². The molecule has 0 amide bonds. The van der Waals surface area contributed by atoms with Gasteiger partial charge in [0, 0.05) is 19.7 Å². The third kappa shape index (κ3) is 2.29. The van der Waals surface area contributed by atoms with Crippen molar-refractivity contribution in [3.05, 3.63) is 23.0 Å². The Morgan fingerprint density at radius 2 is 2.14 bits per heavy atom. The Morgan fingerprint density at radius 1 is 1.50 bits per heavy atom. The molecule has 1 rings (SSSR count). The van der Waals surface area contributed by atoms with Crippen LogP contribution >= 0.6 is 11.6 Å². The van der Waals surface area contributed by atoms with E-state index in [0.717, 1.165) is 18.7 Å². The molecule has 1 aromatic rings. The Hall–Kier alpha value is -0.960. The minimum absolute atomic E-state index is 0.108. The van der Waals surface area contributed by atoms with Crippen molar-refractivity contribution in [3.63, 3.8) is 0 Å². The SMILES string of the molecule is CCCN(C)c1cc(Cl)c(F)cc1N. The molecule has 0 aromatic heterocycles. The molecule has 2 N–H and O–H groups in total. The lowest BCUT2D eigenvalue weighted by atomic mass is 10.2. The first-order valence-electron chi connectivity index (χ1n) is 4.52. The van der Waals surface area contributed by atoms with Crippen LogP contribution in [0.15, 0.2) is 12.1 Å². The van der Waals surface area contributed by atoms with Crippen molar-refractivity contribution in [3.8, 4) is 0 Å². The number of hydrogen-bond donors (Lipinski definition) is 1. The van der Waals surface area contributed by atoms with Gasteiger partial charge in [0.05, 0.1) is 16.4 Å². The highest BCUT2D eigenvalue weighted by Gasteiger charge is 2.09. The molecule has 0 spiro atoms. The highest BCUT2D eigenvalue weighted by Crippen LogP contribution is 2.28. The van der Waals surface area contributed by atoms with Crippen LogP contribution in [0.25, 0.3) is 0 Å². The molecule has 0 saturated heterocycles. The molecule has 0 unspecified atom stereocenters. The Balaban J connectivity index is 3.02. The van der Waals surface area contributed by atoms with Gasteiger partial charge in [0.25, 0.3) is 0 Å². The first-order valence-corrected chi connectivity index (χ1v) is 4.89. The van der Waals surface area contributed by atoms with E-state index in [4.69, 9.17) is 17.3 Å². The molecule has 0 saturated carbocycles. The molecule has 78 valence electrons. The maximum absolute atomic E-state index is 13.0. The zero-order valence-corrected chi connectivity index (χ0v) is 9.11. The lowest BCUT2D eigenvalue weighted by Crippen LogP contribution is -2.19. The average Bonchev–Trinajstić information content (AvgIpc) is 2.11. The van der Waals surface area contributed by atoms with E-state index in [9.17, 15) is 4.39 Å². The lowest BCUT2D eigenvalue weighted by Gasteiger charge is -2.20. The van der Waals surface area contributed by atoms with Gasteiger partial charge in [-0.25, -0.2) is 4.39 Å². The Bertz CT molecular complexity index is 328. The van der Waals surface area contributed by atoms with Crippen molar-refractivity contribution >= 4 is 23.0 Å². The summed E-state index contributed by atoms with van der Waals surface area (Å²) in [6.07, 6.45) is 1.00. The predicted molar refractivity (Wildman–Crippen MR) is 59.4 cm³/mol. The number of anilines is 2. The van der Waals surface area contributed by atoms with Gasteiger partial charge < -0.3 is 10.6 Å². The van der Waals surface area contributed by atoms with Crippen LogP contribution in [0.5, 0.6) is 0 Å². The standard InChI is InChI=1S/C10H14ClFN2/c1-3-4-14(2)10-5-7(11)8(12)6-9(10)13/h5-6H,3-4,13H2,1-2H3. The van der Waals surface area contributed by atoms with Crippen LogP contribution in [0, 0.1) is 5.82 Å². The molecule has 0 fully saturated rings. The lowest BCUT2D eigenvalue weighted by molar-refractivity contribution is 0.628. The van der Waals surface area contributed by atoms with E-state index < -0.39 is 5.82 Å². The second-order valence-corrected chi connectivity index (χ2v) is 3.65. The molecule has 4 heteroatoms. The van der Waals surface area contributed by atoms with Gasteiger partial charge >= 0.3 is 0 Å². The van der Waals surface area contributed by atoms with Gasteiger partial charge in [0.15, 0.2) is 0 Å². The van der Waals surface area contributed by atoms with E-state index in [1.165, 1.54) is 6.07 Å². The molecule has 0 aliphatic carbocycles. The molecule has 14 heavy (non-hydrogen) atoms. The average molecular weight is 217 g/mol. The first kappa shape index (κ1) is 11.1. The summed E-state index contributed by atoms with van der Waals surface area (Å²) in [6.45, 7) is 2.93. The topological polar surface area (TPSA) is 29.3 Å². The van der Waals surface area contributed by atoms with Gasteiger partial charge in [-0.1, -0.05) is 18.5 Å². The van der Waals surface area contributed by atoms with Crippen molar-refractivity contribution in [2.24, 2.45) is 0 Å². The van der Waals surface area contributed by atoms with Crippen LogP contribution in [0.1, 0.15) is 13.3 Å². The Kier molecular flexibility index (Phi) is 3.58. The number of rotatable bonds is 3. The van der Waals surface area contributed by atoms with Crippen LogP contribution in [0.3, 0.4) is 0 Å². The number of benzene rings is 1. The second-order valence-electron chi connectivity index (χ2n) is 3.25. The fourth-order valence-corrected chi connectivity index (χ4v) is 1.50. The quantitative estimate of drug-likeness (QED) is 0.788. The van der Waals surface area contributed by atoms with Gasteiger partial charge in [-0.15, -0.1) is 0 Å². The van der Waals surface area contributed by atoms with Crippen LogP contribution in [-0.4, -0.2) is 13.6 Å². The number of nitrogen functional groups attached to an aromatic ring is 1. The third-order valence-corrected chi connectivity index (χ3v) is 2.33. The smallest absolute Gasteiger partial charge is 0.143 e. The minimum Gasteiger partial charge on any atom is -0.397 e. The second kappa shape index (κ2) is 4.51. The van der Waals surface area contributed by atoms with Crippen LogP contribution in [0.4, 0.5) is 15.8 Å². The van der Waals surface area contributed by atoms with E-state index >= 15 is 0 Å². The monoisotopic (exact) mass is 216 g/mol. The van der Waals surface area contributed by atoms with Crippen molar-refractivity contribution in [1.82, 2.24) is 0 Å². The van der Waals surface area contributed by atoms with Gasteiger partial charge in [0.1, 0.15) is 5.82 Å². The Morgan fingerprint density at radius 3 is 2.71 bits per heavy atom. The first-order chi connectivity index (χ1) is 6.56. The highest BCUT2D eigenvalue weighted by atomic mass is 35.5. The van der Waals surface area contributed by atoms with E-state index in [1.54, 1.807) is 6.07 Å². The summed E-state index contributed by atoms with van der Waals surface area (Å²) in [4.78, 5) is 1.96. The van der Waals surface area contributed by atoms with Crippen molar-refractivity contribution in [2.45, 2.75) is 13.3 Å². The predicted octanol–water partition coefficient (Wildman–Crippen LogP) is 2.91. The number of halogens is 2. The minimum atomic E-state index is -0.474. The number of hydrogen-bond acceptors (Lipinski definition) is 2. The summed E-state index contributed by atoms with van der Waals surface area (Å²) in [5, 5.41) is 0.108. The van der Waals surface area contributed by atoms with E-state index in [-0.39, 0.29) is 5.02 Å². The van der Waals surface area contributed by atoms with Gasteiger partial charge in [-0.2, -0.15) is 0 Å². The molecular weight excluding hydrogens is 203 g/mol. The van der Waals surface area contributed by atoms with Gasteiger partial charge in [-0.05, 0) is 12.5 Å². The molecule has 0 aliphatic heterocycles.